The van der Waals surface area contributed by atoms with Crippen molar-refractivity contribution < 1.29 is 22.8 Å². The van der Waals surface area contributed by atoms with E-state index in [4.69, 9.17) is 4.52 Å². The molecule has 138 valence electrons. The number of aromatic nitrogens is 1. The molecule has 1 aromatic rings. The molecule has 0 spiro atoms. The Kier molecular flexibility index (Phi) is 7.21. The Morgan fingerprint density at radius 3 is 2.46 bits per heavy atom. The highest BCUT2D eigenvalue weighted by Gasteiger charge is 2.34. The number of sulfonamides is 1. The molecule has 0 amide bonds. The highest BCUT2D eigenvalue weighted by molar-refractivity contribution is 7.89. The number of carboxylic acid groups (broad SMARTS) is 1. The van der Waals surface area contributed by atoms with Crippen molar-refractivity contribution in [3.63, 3.8) is 0 Å². The number of halogens is 1. The fourth-order valence-corrected chi connectivity index (χ4v) is 4.79. The minimum Gasteiger partial charge on any atom is -0.480 e. The van der Waals surface area contributed by atoms with Crippen LogP contribution in [0.5, 0.6) is 0 Å². The topological polar surface area (TPSA) is 104 Å². The van der Waals surface area contributed by atoms with Crippen LogP contribution in [0.25, 0.3) is 0 Å². The minimum atomic E-state index is -3.68. The lowest BCUT2D eigenvalue weighted by Crippen LogP contribution is -2.43. The van der Waals surface area contributed by atoms with E-state index in [2.05, 4.69) is 5.16 Å². The van der Waals surface area contributed by atoms with Crippen LogP contribution in [-0.2, 0) is 14.8 Å². The van der Waals surface area contributed by atoms with Crippen molar-refractivity contribution in [2.75, 3.05) is 26.2 Å². The SMILES string of the molecule is CCC(C(=O)O)N1CCCN(S(=O)(=O)c2c(C)noc2C)CC1.Cl. The Morgan fingerprint density at radius 2 is 1.96 bits per heavy atom. The van der Waals surface area contributed by atoms with Gasteiger partial charge in [-0.2, -0.15) is 4.31 Å². The van der Waals surface area contributed by atoms with E-state index < -0.39 is 22.0 Å². The summed E-state index contributed by atoms with van der Waals surface area (Å²) < 4.78 is 32.0. The third-order valence-corrected chi connectivity index (χ3v) is 6.31. The molecule has 8 nitrogen and oxygen atoms in total. The first-order valence-corrected chi connectivity index (χ1v) is 9.13. The molecule has 0 bridgehead atoms. The van der Waals surface area contributed by atoms with Crippen molar-refractivity contribution in [1.82, 2.24) is 14.4 Å². The molecular weight excluding hydrogens is 358 g/mol. The smallest absolute Gasteiger partial charge is 0.320 e. The van der Waals surface area contributed by atoms with E-state index in [-0.39, 0.29) is 29.6 Å². The van der Waals surface area contributed by atoms with Crippen LogP contribution in [0.2, 0.25) is 0 Å². The molecule has 0 aliphatic carbocycles. The summed E-state index contributed by atoms with van der Waals surface area (Å²) in [5.74, 6) is -0.588. The summed E-state index contributed by atoms with van der Waals surface area (Å²) in [6.45, 7) is 6.59. The van der Waals surface area contributed by atoms with Crippen molar-refractivity contribution in [1.29, 1.82) is 0 Å². The quantitative estimate of drug-likeness (QED) is 0.818. The zero-order valence-corrected chi connectivity index (χ0v) is 15.7. The van der Waals surface area contributed by atoms with Crippen LogP contribution < -0.4 is 0 Å². The van der Waals surface area contributed by atoms with Gasteiger partial charge in [0.2, 0.25) is 10.0 Å². The number of hydrogen-bond acceptors (Lipinski definition) is 6. The summed E-state index contributed by atoms with van der Waals surface area (Å²) in [4.78, 5) is 13.3. The van der Waals surface area contributed by atoms with Gasteiger partial charge in [-0.05, 0) is 26.7 Å². The van der Waals surface area contributed by atoms with Crippen LogP contribution in [0.4, 0.5) is 0 Å². The molecule has 2 rings (SSSR count). The average molecular weight is 382 g/mol. The molecule has 1 aromatic heterocycles. The second-order valence-corrected chi connectivity index (χ2v) is 7.58. The fraction of sp³-hybridized carbons (Fsp3) is 0.714. The molecule has 1 unspecified atom stereocenters. The molecule has 0 radical (unpaired) electrons. The largest absolute Gasteiger partial charge is 0.480 e. The van der Waals surface area contributed by atoms with Crippen LogP contribution in [0.15, 0.2) is 9.42 Å². The van der Waals surface area contributed by atoms with E-state index in [1.54, 1.807) is 13.8 Å². The molecule has 1 aliphatic rings. The fourth-order valence-electron chi connectivity index (χ4n) is 3.03. The molecular formula is C14H24ClN3O5S. The van der Waals surface area contributed by atoms with Crippen molar-refractivity contribution >= 4 is 28.4 Å². The van der Waals surface area contributed by atoms with Crippen molar-refractivity contribution in [3.05, 3.63) is 11.5 Å². The second-order valence-electron chi connectivity index (χ2n) is 5.71. The first-order chi connectivity index (χ1) is 10.8. The van der Waals surface area contributed by atoms with Crippen LogP contribution in [0.1, 0.15) is 31.2 Å². The van der Waals surface area contributed by atoms with Gasteiger partial charge in [0.05, 0.1) is 0 Å². The lowest BCUT2D eigenvalue weighted by molar-refractivity contribution is -0.143. The summed E-state index contributed by atoms with van der Waals surface area (Å²) >= 11 is 0. The first-order valence-electron chi connectivity index (χ1n) is 7.69. The standard InChI is InChI=1S/C14H23N3O5S.ClH/c1-4-12(14(18)19)16-6-5-7-17(9-8-16)23(20,21)13-10(2)15-22-11(13)3;/h12H,4-9H2,1-3H3,(H,18,19);1H. The van der Waals surface area contributed by atoms with E-state index in [9.17, 15) is 18.3 Å². The Hall–Kier alpha value is -1.16. The Balaban J connectivity index is 0.00000288. The predicted molar refractivity (Wildman–Crippen MR) is 89.9 cm³/mol. The average Bonchev–Trinajstić information content (AvgIpc) is 2.68. The molecule has 1 atom stereocenters. The Morgan fingerprint density at radius 1 is 1.29 bits per heavy atom. The van der Waals surface area contributed by atoms with Gasteiger partial charge < -0.3 is 9.63 Å². The molecule has 10 heteroatoms. The predicted octanol–water partition coefficient (Wildman–Crippen LogP) is 1.27. The van der Waals surface area contributed by atoms with Gasteiger partial charge in [0.1, 0.15) is 16.6 Å². The summed E-state index contributed by atoms with van der Waals surface area (Å²) in [5.41, 5.74) is 0.348. The third kappa shape index (κ3) is 4.08. The van der Waals surface area contributed by atoms with Crippen LogP contribution in [-0.4, -0.2) is 66.1 Å². The lowest BCUT2D eigenvalue weighted by atomic mass is 10.2. The third-order valence-electron chi connectivity index (χ3n) is 4.17. The van der Waals surface area contributed by atoms with Gasteiger partial charge in [-0.1, -0.05) is 12.1 Å². The monoisotopic (exact) mass is 381 g/mol. The molecule has 1 aliphatic heterocycles. The molecule has 0 aromatic carbocycles. The van der Waals surface area contributed by atoms with Crippen molar-refractivity contribution in [3.8, 4) is 0 Å². The number of aliphatic carboxylic acids is 1. The zero-order valence-electron chi connectivity index (χ0n) is 14.1. The number of nitrogens with zero attached hydrogens (tertiary/aromatic N) is 3. The minimum absolute atomic E-state index is 0. The molecule has 0 saturated carbocycles. The van der Waals surface area contributed by atoms with Gasteiger partial charge in [-0.3, -0.25) is 9.69 Å². The van der Waals surface area contributed by atoms with E-state index in [1.807, 2.05) is 11.8 Å². The van der Waals surface area contributed by atoms with Gasteiger partial charge in [0.25, 0.3) is 0 Å². The highest BCUT2D eigenvalue weighted by Crippen LogP contribution is 2.24. The summed E-state index contributed by atoms with van der Waals surface area (Å²) in [7, 11) is -3.68. The second kappa shape index (κ2) is 8.28. The number of carbonyl (C=O) groups is 1. The zero-order chi connectivity index (χ0) is 17.2. The van der Waals surface area contributed by atoms with Gasteiger partial charge in [-0.15, -0.1) is 12.4 Å². The van der Waals surface area contributed by atoms with Crippen LogP contribution >= 0.6 is 12.4 Å². The molecule has 2 heterocycles. The van der Waals surface area contributed by atoms with Crippen LogP contribution in [0, 0.1) is 13.8 Å². The Bertz CT molecular complexity index is 656. The number of hydrogen-bond donors (Lipinski definition) is 1. The van der Waals surface area contributed by atoms with Gasteiger partial charge in [0.15, 0.2) is 5.76 Å². The summed E-state index contributed by atoms with van der Waals surface area (Å²) in [5, 5.41) is 13.0. The number of rotatable bonds is 5. The van der Waals surface area contributed by atoms with Gasteiger partial charge in [0, 0.05) is 26.2 Å². The summed E-state index contributed by atoms with van der Waals surface area (Å²) in [6, 6.07) is -0.572. The van der Waals surface area contributed by atoms with E-state index >= 15 is 0 Å². The highest BCUT2D eigenvalue weighted by atomic mass is 35.5. The maximum atomic E-state index is 12.8. The van der Waals surface area contributed by atoms with E-state index in [0.717, 1.165) is 0 Å². The van der Waals surface area contributed by atoms with E-state index in [0.29, 0.717) is 38.2 Å². The first kappa shape index (κ1) is 20.9. The lowest BCUT2D eigenvalue weighted by Gasteiger charge is -2.26. The maximum absolute atomic E-state index is 12.8. The number of aryl methyl sites for hydroxylation is 2. The number of carboxylic acids is 1. The van der Waals surface area contributed by atoms with Crippen LogP contribution in [0.3, 0.4) is 0 Å². The summed E-state index contributed by atoms with van der Waals surface area (Å²) in [6.07, 6.45) is 1.08. The molecule has 1 N–H and O–H groups in total. The molecule has 1 fully saturated rings. The van der Waals surface area contributed by atoms with Gasteiger partial charge >= 0.3 is 5.97 Å². The normalized spacial score (nSPS) is 18.6. The Labute approximate surface area is 148 Å². The maximum Gasteiger partial charge on any atom is 0.320 e. The molecule has 1 saturated heterocycles. The van der Waals surface area contributed by atoms with Gasteiger partial charge in [-0.25, -0.2) is 8.42 Å². The van der Waals surface area contributed by atoms with Crippen molar-refractivity contribution in [2.45, 2.75) is 44.6 Å². The van der Waals surface area contributed by atoms with E-state index in [1.165, 1.54) is 4.31 Å². The molecule has 24 heavy (non-hydrogen) atoms. The van der Waals surface area contributed by atoms with Crippen molar-refractivity contribution in [2.24, 2.45) is 0 Å².